The predicted molar refractivity (Wildman–Crippen MR) is 96.7 cm³/mol. The first kappa shape index (κ1) is 17.0. The number of hydrogen-bond donors (Lipinski definition) is 1. The number of fused-ring (bicyclic) bond motifs is 1. The summed E-state index contributed by atoms with van der Waals surface area (Å²) in [6.45, 7) is 1.24. The maximum absolute atomic E-state index is 11.0. The molecule has 1 aromatic heterocycles. The van der Waals surface area contributed by atoms with Crippen LogP contribution in [-0.2, 0) is 6.54 Å². The van der Waals surface area contributed by atoms with Crippen LogP contribution in [0.4, 0.5) is 5.69 Å². The summed E-state index contributed by atoms with van der Waals surface area (Å²) < 4.78 is 12.8. The monoisotopic (exact) mass is 367 g/mol. The first-order valence-electron chi connectivity index (χ1n) is 8.45. The molecule has 3 aromatic rings. The molecule has 1 unspecified atom stereocenters. The fraction of sp³-hybridized carbons (Fsp3) is 0.211. The van der Waals surface area contributed by atoms with Gasteiger partial charge in [-0.05, 0) is 17.7 Å². The number of aliphatic hydroxyl groups is 1. The topological polar surface area (TPSA) is 99.7 Å². The maximum Gasteiger partial charge on any atom is 0.270 e. The average molecular weight is 367 g/mol. The van der Waals surface area contributed by atoms with Crippen LogP contribution in [0, 0.1) is 10.1 Å². The first-order chi connectivity index (χ1) is 13.1. The van der Waals surface area contributed by atoms with E-state index in [0.717, 1.165) is 0 Å². The van der Waals surface area contributed by atoms with Gasteiger partial charge in [0.25, 0.3) is 5.69 Å². The van der Waals surface area contributed by atoms with E-state index in [1.807, 2.05) is 0 Å². The molecule has 0 fully saturated rings. The summed E-state index contributed by atoms with van der Waals surface area (Å²) in [4.78, 5) is 14.8. The van der Waals surface area contributed by atoms with Crippen molar-refractivity contribution in [2.24, 2.45) is 0 Å². The Balaban J connectivity index is 1.58. The molecule has 0 radical (unpaired) electrons. The van der Waals surface area contributed by atoms with Gasteiger partial charge in [0.15, 0.2) is 11.5 Å². The second kappa shape index (κ2) is 7.08. The van der Waals surface area contributed by atoms with E-state index in [2.05, 4.69) is 4.98 Å². The second-order valence-corrected chi connectivity index (χ2v) is 6.13. The van der Waals surface area contributed by atoms with Crippen LogP contribution in [-0.4, -0.2) is 32.8 Å². The summed E-state index contributed by atoms with van der Waals surface area (Å²) in [7, 11) is 0. The van der Waals surface area contributed by atoms with Crippen LogP contribution >= 0.6 is 0 Å². The molecule has 0 amide bonds. The molecule has 138 valence electrons. The third-order valence-corrected chi connectivity index (χ3v) is 4.35. The van der Waals surface area contributed by atoms with Gasteiger partial charge in [-0.25, -0.2) is 4.98 Å². The summed E-state index contributed by atoms with van der Waals surface area (Å²) in [6.07, 6.45) is 2.53. The van der Waals surface area contributed by atoms with E-state index >= 15 is 0 Å². The molecule has 2 aromatic carbocycles. The van der Waals surface area contributed by atoms with Gasteiger partial charge in [0, 0.05) is 30.1 Å². The van der Waals surface area contributed by atoms with Crippen LogP contribution in [0.3, 0.4) is 0 Å². The number of nitro groups is 1. The highest BCUT2D eigenvalue weighted by atomic mass is 16.6. The van der Waals surface area contributed by atoms with Crippen LogP contribution in [0.2, 0.25) is 0 Å². The minimum Gasteiger partial charge on any atom is -0.486 e. The van der Waals surface area contributed by atoms with Gasteiger partial charge < -0.3 is 19.1 Å². The summed E-state index contributed by atoms with van der Waals surface area (Å²) >= 11 is 0. The van der Waals surface area contributed by atoms with Crippen molar-refractivity contribution in [1.29, 1.82) is 0 Å². The normalized spacial score (nSPS) is 14.0. The molecule has 0 saturated heterocycles. The van der Waals surface area contributed by atoms with Gasteiger partial charge in [-0.3, -0.25) is 10.1 Å². The van der Waals surface area contributed by atoms with Gasteiger partial charge >= 0.3 is 0 Å². The molecule has 8 heteroatoms. The smallest absolute Gasteiger partial charge is 0.270 e. The average Bonchev–Trinajstić information content (AvgIpc) is 3.15. The number of aliphatic hydroxyl groups excluding tert-OH is 1. The fourth-order valence-corrected chi connectivity index (χ4v) is 3.03. The molecule has 1 N–H and O–H groups in total. The zero-order chi connectivity index (χ0) is 18.8. The van der Waals surface area contributed by atoms with Crippen LogP contribution in [0.5, 0.6) is 11.5 Å². The van der Waals surface area contributed by atoms with Crippen molar-refractivity contribution in [2.45, 2.75) is 12.6 Å². The zero-order valence-corrected chi connectivity index (χ0v) is 14.3. The van der Waals surface area contributed by atoms with Crippen molar-refractivity contribution >= 4 is 5.69 Å². The molecule has 27 heavy (non-hydrogen) atoms. The Morgan fingerprint density at radius 3 is 2.81 bits per heavy atom. The van der Waals surface area contributed by atoms with Gasteiger partial charge in [0.05, 0.1) is 17.6 Å². The molecule has 0 aliphatic carbocycles. The lowest BCUT2D eigenvalue weighted by molar-refractivity contribution is -0.384. The van der Waals surface area contributed by atoms with E-state index in [9.17, 15) is 15.2 Å². The first-order valence-corrected chi connectivity index (χ1v) is 8.45. The Bertz CT molecular complexity index is 985. The van der Waals surface area contributed by atoms with Crippen LogP contribution < -0.4 is 9.47 Å². The van der Waals surface area contributed by atoms with Gasteiger partial charge in [-0.15, -0.1) is 0 Å². The highest BCUT2D eigenvalue weighted by Gasteiger charge is 2.18. The molecule has 1 aliphatic rings. The molecular formula is C19H17N3O5. The maximum atomic E-state index is 11.0. The summed E-state index contributed by atoms with van der Waals surface area (Å²) in [5.74, 6) is 1.83. The number of benzene rings is 2. The van der Waals surface area contributed by atoms with Crippen molar-refractivity contribution in [3.05, 3.63) is 70.5 Å². The minimum absolute atomic E-state index is 0.00515. The Morgan fingerprint density at radius 1 is 1.19 bits per heavy atom. The van der Waals surface area contributed by atoms with Crippen molar-refractivity contribution in [2.75, 3.05) is 13.2 Å². The quantitative estimate of drug-likeness (QED) is 0.550. The van der Waals surface area contributed by atoms with Crippen molar-refractivity contribution in [3.8, 4) is 22.9 Å². The lowest BCUT2D eigenvalue weighted by Crippen LogP contribution is -2.16. The van der Waals surface area contributed by atoms with Gasteiger partial charge in [0.2, 0.25) is 0 Å². The fourth-order valence-electron chi connectivity index (χ4n) is 3.03. The Hall–Kier alpha value is -3.39. The zero-order valence-electron chi connectivity index (χ0n) is 14.3. The van der Waals surface area contributed by atoms with Crippen LogP contribution in [0.25, 0.3) is 11.4 Å². The molecule has 2 heterocycles. The van der Waals surface area contributed by atoms with Crippen LogP contribution in [0.15, 0.2) is 54.9 Å². The molecule has 0 saturated carbocycles. The van der Waals surface area contributed by atoms with E-state index < -0.39 is 11.0 Å². The Labute approximate surface area is 154 Å². The standard InChI is InChI=1S/C19H17N3O5/c23-16(13-4-5-17-18(11-13)27-9-8-26-17)12-21-7-6-20-19(21)14-2-1-3-15(10-14)22(24)25/h1-7,10-11,16,23H,8-9,12H2. The summed E-state index contributed by atoms with van der Waals surface area (Å²) in [5, 5.41) is 21.7. The second-order valence-electron chi connectivity index (χ2n) is 6.13. The van der Waals surface area contributed by atoms with Crippen molar-refractivity contribution in [3.63, 3.8) is 0 Å². The number of rotatable bonds is 5. The number of imidazole rings is 1. The van der Waals surface area contributed by atoms with Gasteiger partial charge in [-0.1, -0.05) is 18.2 Å². The molecule has 8 nitrogen and oxygen atoms in total. The SMILES string of the molecule is O=[N+]([O-])c1cccc(-c2nccn2CC(O)c2ccc3c(c2)OCCO3)c1. The third-order valence-electron chi connectivity index (χ3n) is 4.35. The number of nitrogens with zero attached hydrogens (tertiary/aromatic N) is 3. The number of non-ortho nitro benzene ring substituents is 1. The molecule has 0 spiro atoms. The van der Waals surface area contributed by atoms with E-state index in [4.69, 9.17) is 9.47 Å². The predicted octanol–water partition coefficient (Wildman–Crippen LogP) is 2.96. The molecule has 0 bridgehead atoms. The van der Waals surface area contributed by atoms with E-state index in [1.54, 1.807) is 47.3 Å². The number of aromatic nitrogens is 2. The largest absolute Gasteiger partial charge is 0.486 e. The summed E-state index contributed by atoms with van der Waals surface area (Å²) in [5.41, 5.74) is 1.30. The lowest BCUT2D eigenvalue weighted by atomic mass is 10.1. The van der Waals surface area contributed by atoms with E-state index in [1.165, 1.54) is 12.1 Å². The third kappa shape index (κ3) is 3.47. The Kier molecular flexibility index (Phi) is 4.47. The Morgan fingerprint density at radius 2 is 2.00 bits per heavy atom. The summed E-state index contributed by atoms with van der Waals surface area (Å²) in [6, 6.07) is 11.6. The van der Waals surface area contributed by atoms with Crippen molar-refractivity contribution in [1.82, 2.24) is 9.55 Å². The molecule has 4 rings (SSSR count). The van der Waals surface area contributed by atoms with Gasteiger partial charge in [-0.2, -0.15) is 0 Å². The molecular weight excluding hydrogens is 350 g/mol. The van der Waals surface area contributed by atoms with Crippen molar-refractivity contribution < 1.29 is 19.5 Å². The highest BCUT2D eigenvalue weighted by Crippen LogP contribution is 2.33. The minimum atomic E-state index is -0.799. The number of hydrogen-bond acceptors (Lipinski definition) is 6. The molecule has 1 atom stereocenters. The van der Waals surface area contributed by atoms with E-state index in [-0.39, 0.29) is 12.2 Å². The van der Waals surface area contributed by atoms with Crippen LogP contribution in [0.1, 0.15) is 11.7 Å². The highest BCUT2D eigenvalue weighted by molar-refractivity contribution is 5.59. The lowest BCUT2D eigenvalue weighted by Gasteiger charge is -2.20. The number of nitro benzene ring substituents is 1. The van der Waals surface area contributed by atoms with Gasteiger partial charge in [0.1, 0.15) is 19.0 Å². The number of ether oxygens (including phenoxy) is 2. The van der Waals surface area contributed by atoms with E-state index in [0.29, 0.717) is 41.7 Å². The molecule has 1 aliphatic heterocycles.